The van der Waals surface area contributed by atoms with Gasteiger partial charge in [0.05, 0.1) is 0 Å². The van der Waals surface area contributed by atoms with Crippen LogP contribution in [0.15, 0.2) is 109 Å². The normalized spacial score (nSPS) is 15.4. The maximum absolute atomic E-state index is 13.2. The molecule has 4 atom stereocenters. The monoisotopic (exact) mass is 1100 g/mol. The molecular weight excluding hydrogens is 933 g/mol. The number of aliphatic carboxylic acids is 1. The van der Waals surface area contributed by atoms with Gasteiger partial charge in [-0.25, -0.2) is 28.8 Å². The number of carbonyl (C=O) groups excluding carboxylic acids is 5. The maximum atomic E-state index is 13.2. The van der Waals surface area contributed by atoms with Crippen LogP contribution in [0.2, 0.25) is 0 Å². The lowest BCUT2D eigenvalue weighted by Gasteiger charge is -2.30. The summed E-state index contributed by atoms with van der Waals surface area (Å²) in [6, 6.07) is 32.3. The molecule has 0 bridgehead atoms. The van der Waals surface area contributed by atoms with Crippen molar-refractivity contribution in [2.24, 2.45) is 0 Å². The van der Waals surface area contributed by atoms with E-state index in [0.29, 0.717) is 0 Å². The summed E-state index contributed by atoms with van der Waals surface area (Å²) in [5.41, 5.74) is 4.41. The molecule has 0 unspecified atom stereocenters. The Morgan fingerprint density at radius 1 is 0.507 bits per heavy atom. The number of carbonyl (C=O) groups is 6. The molecule has 73 heavy (non-hydrogen) atoms. The van der Waals surface area contributed by atoms with Crippen molar-refractivity contribution in [1.29, 1.82) is 0 Å². The van der Waals surface area contributed by atoms with Gasteiger partial charge in [0.2, 0.25) is 0 Å². The van der Waals surface area contributed by atoms with Crippen LogP contribution in [0.1, 0.15) is 193 Å². The van der Waals surface area contributed by atoms with E-state index >= 15 is 0 Å². The number of aliphatic hydroxyl groups excluding tert-OH is 1. The van der Waals surface area contributed by atoms with Crippen molar-refractivity contribution in [1.82, 2.24) is 9.80 Å². The fourth-order valence-corrected chi connectivity index (χ4v) is 6.42. The van der Waals surface area contributed by atoms with Crippen molar-refractivity contribution in [2.45, 2.75) is 169 Å². The van der Waals surface area contributed by atoms with Crippen LogP contribution in [-0.2, 0) is 79.7 Å². The van der Waals surface area contributed by atoms with E-state index in [4.69, 9.17) is 91.2 Å². The van der Waals surface area contributed by atoms with Gasteiger partial charge in [0.25, 0.3) is 0 Å². The van der Waals surface area contributed by atoms with Crippen molar-refractivity contribution in [3.8, 4) is 0 Å². The van der Waals surface area contributed by atoms with Gasteiger partial charge < -0.3 is 33.9 Å². The predicted octanol–water partition coefficient (Wildman–Crippen LogP) is 15.6. The zero-order valence-corrected chi connectivity index (χ0v) is 45.8. The number of rotatable bonds is 15. The molecule has 0 aliphatic carbocycles. The Labute approximate surface area is 497 Å². The number of ether oxygens (including phenoxy) is 5. The van der Waals surface area contributed by atoms with Crippen LogP contribution in [0.4, 0.5) is 9.59 Å². The van der Waals surface area contributed by atoms with Crippen molar-refractivity contribution in [3.63, 3.8) is 0 Å². The highest BCUT2D eigenvalue weighted by Gasteiger charge is 2.34. The van der Waals surface area contributed by atoms with Gasteiger partial charge in [-0.1, -0.05) is 151 Å². The molecule has 0 aromatic heterocycles. The molecule has 2 N–H and O–H groups in total. The predicted molar refractivity (Wildman–Crippen MR) is 325 cm³/mol. The third kappa shape index (κ3) is 23.6. The summed E-state index contributed by atoms with van der Waals surface area (Å²) < 4.78 is 236. The second-order valence-electron chi connectivity index (χ2n) is 21.8. The molecule has 15 nitrogen and oxygen atoms in total. The Balaban J connectivity index is -0.0000000552. The average molecular weight is 1100 g/mol. The van der Waals surface area contributed by atoms with Gasteiger partial charge in [-0.05, 0) is 99.6 Å². The first-order valence-electron chi connectivity index (χ1n) is 45.3. The van der Waals surface area contributed by atoms with Gasteiger partial charge in [0.1, 0.15) is 42.6 Å². The van der Waals surface area contributed by atoms with E-state index in [1.54, 1.807) is 41.5 Å². The minimum Gasteiger partial charge on any atom is -0.480 e. The molecule has 442 valence electrons. The smallest absolute Gasteiger partial charge is 0.410 e. The van der Waals surface area contributed by atoms with Gasteiger partial charge in [-0.3, -0.25) is 9.80 Å². The van der Waals surface area contributed by atoms with E-state index in [1.807, 2.05) is 109 Å². The molecule has 4 aromatic rings. The lowest BCUT2D eigenvalue weighted by atomic mass is 9.86. The summed E-state index contributed by atoms with van der Waals surface area (Å²) in [4.78, 5) is 75.3. The number of likely N-dealkylation sites (N-methyl/N-ethyl adjacent to an activating group) is 2. The van der Waals surface area contributed by atoms with E-state index in [9.17, 15) is 33.9 Å². The molecule has 0 saturated heterocycles. The molecule has 0 spiro atoms. The minimum absolute atomic E-state index is 0.0142. The second kappa shape index (κ2) is 27.9. The molecule has 4 aromatic carbocycles. The molecular formula is C58H122N2O13. The SMILES string of the molecule is CN(C(=O)OC(C)(C)C)[C@@H](Cc1ccc(C(C)(C)C)cc1)C(=O)O.C[C@@H](OC(=O)[C@H](Cc1ccc(C(C)(C)C)cc1)N(C)C(=O)OC(C)(C)C)C(=O)OCc1ccccc1.C[C@H](O)C(=O)OCc1ccccc1.[2H][2H].[2H][2H].[2H][2H].[2H][2H].[2H][2H].[2H][2H].[2H][2H].[2H][2H].[2H][2H].[2H][2H].[2H][2H].[2H][2H].[2H][2H].[2H][2H].[2H][2H].[2H][2H].[2H][2H].[2H][2H].[2H][2H].[2H][2H].[2H][2H]. The zero-order valence-electron chi connectivity index (χ0n) is 87.8. The number of carboxylic acids is 1. The Kier molecular flexibility index (Phi) is 13.9. The number of esters is 3. The molecule has 0 radical (unpaired) electrons. The standard InChI is InChI=1S/C29H39NO6.C19H29NO4.C10H12O3.21H2/c1-20(25(31)34-19-22-12-10-9-11-13-22)35-26(32)24(30(8)27(33)36-29(5,6)7)18-21-14-16-23(17-15-21)28(2,3)4;1-18(2,3)14-10-8-13(9-11-14)12-15(16(21)22)20(7)17(23)24-19(4,5)6;1-8(11)10(12)13-7-9-5-3-2-4-6-9;;;;;;;;;;;;;;;;;;;;;/h9-17,20,24H,18-19H2,1-8H3;8-11,15H,12H2,1-7H3,(H,21,22);2-6,8,11H,7H2,1H3;21*1H/t20-,24+;15-;8-;;;;;;;;;;;;;;;;;;;;;/m100...................../s1/i;;;21*1+1D. The summed E-state index contributed by atoms with van der Waals surface area (Å²) in [6.45, 7) is 26.4. The Hall–Kier alpha value is -6.74. The first kappa shape index (κ1) is 36.2. The second-order valence-corrected chi connectivity index (χ2v) is 21.8. The summed E-state index contributed by atoms with van der Waals surface area (Å²) in [5, 5.41) is 18.3. The fraction of sp³-hybridized carbons (Fsp3) is 0.483. The number of carboxylic acid groups (broad SMARTS) is 1. The van der Waals surface area contributed by atoms with E-state index in [0.717, 1.165) is 32.7 Å². The molecule has 0 saturated carbocycles. The molecule has 15 heteroatoms. The lowest BCUT2D eigenvalue weighted by molar-refractivity contribution is -0.170. The van der Waals surface area contributed by atoms with Crippen LogP contribution in [-0.4, -0.2) is 106 Å². The molecule has 0 heterocycles. The zero-order chi connectivity index (χ0) is 97.5. The van der Waals surface area contributed by atoms with Crippen molar-refractivity contribution in [2.75, 3.05) is 14.1 Å². The molecule has 0 fully saturated rings. The summed E-state index contributed by atoms with van der Waals surface area (Å²) in [5.74, 6) is -3.03. The molecule has 4 rings (SSSR count). The molecule has 0 aliphatic heterocycles. The highest BCUT2D eigenvalue weighted by Crippen LogP contribution is 2.25. The number of hydrogen-bond donors (Lipinski definition) is 2. The highest BCUT2D eigenvalue weighted by atomic mass is 16.6. The third-order valence-electron chi connectivity index (χ3n) is 10.8. The maximum Gasteiger partial charge on any atom is 0.410 e. The molecule has 0 aliphatic rings. The van der Waals surface area contributed by atoms with Gasteiger partial charge >= 0.3 is 36.1 Å². The Morgan fingerprint density at radius 2 is 0.849 bits per heavy atom. The van der Waals surface area contributed by atoms with E-state index in [1.165, 1.54) is 38.4 Å². The number of benzene rings is 4. The fourth-order valence-electron chi connectivity index (χ4n) is 6.42. The van der Waals surface area contributed by atoms with Crippen LogP contribution < -0.4 is 0 Å². The van der Waals surface area contributed by atoms with Gasteiger partial charge in [-0.2, -0.15) is 0 Å². The van der Waals surface area contributed by atoms with Crippen molar-refractivity contribution in [3.05, 3.63) is 143 Å². The van der Waals surface area contributed by atoms with E-state index < -0.39 is 71.6 Å². The highest BCUT2D eigenvalue weighted by molar-refractivity contribution is 5.85. The number of amides is 2. The molecule has 2 amide bonds. The van der Waals surface area contributed by atoms with Crippen molar-refractivity contribution >= 4 is 36.1 Å². The summed E-state index contributed by atoms with van der Waals surface area (Å²) in [7, 11) is 2.94. The number of aliphatic hydroxyl groups is 1. The lowest BCUT2D eigenvalue weighted by Crippen LogP contribution is -2.47. The van der Waals surface area contributed by atoms with E-state index in [-0.39, 0.29) is 36.9 Å². The van der Waals surface area contributed by atoms with Crippen LogP contribution >= 0.6 is 0 Å². The first-order valence-corrected chi connectivity index (χ1v) is 24.3. The van der Waals surface area contributed by atoms with Crippen LogP contribution in [0, 0.1) is 0 Å². The van der Waals surface area contributed by atoms with Gasteiger partial charge in [0.15, 0.2) is 6.10 Å². The summed E-state index contributed by atoms with van der Waals surface area (Å²) in [6.07, 6.45) is -3.06. The van der Waals surface area contributed by atoms with Gasteiger partial charge in [-0.15, -0.1) is 0 Å². The minimum atomic E-state index is -1.14. The number of nitrogens with zero attached hydrogens (tertiary/aromatic N) is 2. The van der Waals surface area contributed by atoms with Gasteiger partial charge in [0, 0.05) is 89.3 Å². The quantitative estimate of drug-likeness (QED) is 0.0844. The Morgan fingerprint density at radius 3 is 1.18 bits per heavy atom. The number of hydrogen-bond acceptors (Lipinski definition) is 12. The van der Waals surface area contributed by atoms with Crippen LogP contribution in [0.25, 0.3) is 0 Å². The average Bonchev–Trinajstić information content (AvgIpc) is 0.838. The van der Waals surface area contributed by atoms with Crippen molar-refractivity contribution < 1.29 is 125 Å². The third-order valence-corrected chi connectivity index (χ3v) is 10.8. The largest absolute Gasteiger partial charge is 0.480 e. The first-order chi connectivity index (χ1) is 54.7. The summed E-state index contributed by atoms with van der Waals surface area (Å²) >= 11 is 0. The van der Waals surface area contributed by atoms with Crippen LogP contribution in [0.5, 0.6) is 0 Å². The van der Waals surface area contributed by atoms with E-state index in [2.05, 4.69) is 41.5 Å². The topological polar surface area (TPSA) is 196 Å². The van der Waals surface area contributed by atoms with Crippen LogP contribution in [0.3, 0.4) is 0 Å². The Bertz CT molecular complexity index is 2470.